The fourth-order valence-electron chi connectivity index (χ4n) is 7.76. The number of piperidine rings is 3. The first-order valence-corrected chi connectivity index (χ1v) is 18.0. The maximum atomic E-state index is 14.0. The van der Waals surface area contributed by atoms with Crippen LogP contribution in [-0.4, -0.2) is 125 Å². The van der Waals surface area contributed by atoms with Crippen LogP contribution in [0.2, 0.25) is 0 Å². The zero-order valence-corrected chi connectivity index (χ0v) is 29.1. The number of aliphatic carboxylic acids is 1. The SMILES string of the molecule is [B]c1cc(C[C@@H](OC(=O)N2CCC(N3CCc4ccccc4NC3=O)CC2)C(=O)N2CCC(N3CCCC[C@@H]3C(=O)O)CC2)cc(Br)c1O. The molecule has 0 saturated carbocycles. The number of carboxylic acids is 1. The molecule has 2 aromatic rings. The van der Waals surface area contributed by atoms with Gasteiger partial charge in [-0.1, -0.05) is 36.1 Å². The molecule has 49 heavy (non-hydrogen) atoms. The number of likely N-dealkylation sites (tertiary alicyclic amines) is 3. The largest absolute Gasteiger partial charge is 0.507 e. The van der Waals surface area contributed by atoms with Gasteiger partial charge in [0, 0.05) is 56.9 Å². The lowest BCUT2D eigenvalue weighted by atomic mass is 9.91. The highest BCUT2D eigenvalue weighted by Crippen LogP contribution is 2.29. The molecule has 0 unspecified atom stereocenters. The van der Waals surface area contributed by atoms with E-state index in [1.165, 1.54) is 0 Å². The normalized spacial score (nSPS) is 21.8. The number of amides is 4. The molecule has 0 aromatic heterocycles. The van der Waals surface area contributed by atoms with Gasteiger partial charge in [0.05, 0.1) is 4.47 Å². The first-order chi connectivity index (χ1) is 23.6. The average Bonchev–Trinajstić information content (AvgIpc) is 3.28. The summed E-state index contributed by atoms with van der Waals surface area (Å²) in [5.74, 6) is -1.22. The second-order valence-corrected chi connectivity index (χ2v) is 14.3. The lowest BCUT2D eigenvalue weighted by Crippen LogP contribution is -2.55. The third kappa shape index (κ3) is 8.01. The van der Waals surface area contributed by atoms with Crippen molar-refractivity contribution in [2.24, 2.45) is 0 Å². The molecular formula is C35H43BBrN5O7. The average molecular weight is 736 g/mol. The van der Waals surface area contributed by atoms with Crippen LogP contribution in [0.1, 0.15) is 56.1 Å². The van der Waals surface area contributed by atoms with Crippen molar-refractivity contribution in [3.8, 4) is 5.75 Å². The number of nitrogens with zero attached hydrogens (tertiary/aromatic N) is 4. The first kappa shape index (κ1) is 35.1. The Kier molecular flexibility index (Phi) is 11.0. The monoisotopic (exact) mass is 735 g/mol. The highest BCUT2D eigenvalue weighted by molar-refractivity contribution is 9.10. The molecule has 4 heterocycles. The number of phenolic OH excluding ortho intramolecular Hbond substituents is 1. The van der Waals surface area contributed by atoms with E-state index in [2.05, 4.69) is 26.1 Å². The highest BCUT2D eigenvalue weighted by Gasteiger charge is 2.39. The van der Waals surface area contributed by atoms with Crippen LogP contribution in [0.15, 0.2) is 40.9 Å². The Hall–Kier alpha value is -3.78. The van der Waals surface area contributed by atoms with E-state index in [-0.39, 0.29) is 41.7 Å². The third-order valence-corrected chi connectivity index (χ3v) is 11.1. The number of ether oxygens (including phenoxy) is 1. The van der Waals surface area contributed by atoms with Crippen LogP contribution in [0.5, 0.6) is 5.75 Å². The molecule has 4 aliphatic heterocycles. The van der Waals surface area contributed by atoms with Crippen molar-refractivity contribution in [2.75, 3.05) is 44.6 Å². The summed E-state index contributed by atoms with van der Waals surface area (Å²) >= 11 is 3.31. The summed E-state index contributed by atoms with van der Waals surface area (Å²) in [6, 6.07) is 10.4. The molecule has 3 saturated heterocycles. The van der Waals surface area contributed by atoms with Gasteiger partial charge in [-0.05, 0) is 90.7 Å². The molecule has 0 spiro atoms. The van der Waals surface area contributed by atoms with E-state index in [0.29, 0.717) is 74.9 Å². The summed E-state index contributed by atoms with van der Waals surface area (Å²) in [7, 11) is 6.00. The second-order valence-electron chi connectivity index (χ2n) is 13.5. The number of para-hydroxylation sites is 1. The number of anilines is 1. The molecule has 3 fully saturated rings. The van der Waals surface area contributed by atoms with E-state index in [0.717, 1.165) is 37.1 Å². The summed E-state index contributed by atoms with van der Waals surface area (Å²) in [6.07, 6.45) is 4.01. The maximum absolute atomic E-state index is 14.0. The molecule has 260 valence electrons. The molecular weight excluding hydrogens is 693 g/mol. The summed E-state index contributed by atoms with van der Waals surface area (Å²) in [6.45, 7) is 2.94. The van der Waals surface area contributed by atoms with Gasteiger partial charge < -0.3 is 35.0 Å². The van der Waals surface area contributed by atoms with Crippen LogP contribution >= 0.6 is 15.9 Å². The van der Waals surface area contributed by atoms with Gasteiger partial charge in [0.25, 0.3) is 5.91 Å². The van der Waals surface area contributed by atoms with Crippen molar-refractivity contribution >= 4 is 58.9 Å². The summed E-state index contributed by atoms with van der Waals surface area (Å²) in [5, 5.41) is 23.0. The third-order valence-electron chi connectivity index (χ3n) is 10.5. The van der Waals surface area contributed by atoms with Gasteiger partial charge in [0.15, 0.2) is 6.10 Å². The standard InChI is InChI=1S/C35H43BBrN5O7/c36-26-19-22(20-27(37)31(26)43)21-30(32(44)39-14-9-24(10-15-39)41-13-4-3-7-29(41)33(45)46)49-35(48)40-16-11-25(12-17-40)42-18-8-23-5-1-2-6-28(23)38-34(42)47/h1-2,5-6,19-20,24-25,29-30,43H,3-4,7-18,21H2,(H,38,47)(H,45,46)/t29-,30-/m1/s1. The maximum Gasteiger partial charge on any atom is 0.410 e. The molecule has 3 N–H and O–H groups in total. The number of fused-ring (bicyclic) bond motifs is 1. The zero-order valence-electron chi connectivity index (χ0n) is 27.6. The van der Waals surface area contributed by atoms with Gasteiger partial charge in [-0.25, -0.2) is 9.59 Å². The molecule has 0 aliphatic carbocycles. The molecule has 2 radical (unpaired) electrons. The molecule has 4 aliphatic rings. The van der Waals surface area contributed by atoms with Gasteiger partial charge in [-0.15, -0.1) is 0 Å². The van der Waals surface area contributed by atoms with Crippen LogP contribution < -0.4 is 10.8 Å². The minimum absolute atomic E-state index is 0.0324. The van der Waals surface area contributed by atoms with Crippen LogP contribution in [-0.2, 0) is 27.2 Å². The minimum Gasteiger partial charge on any atom is -0.507 e. The summed E-state index contributed by atoms with van der Waals surface area (Å²) in [5.41, 5.74) is 2.68. The number of urea groups is 1. The fourth-order valence-corrected chi connectivity index (χ4v) is 8.29. The Morgan fingerprint density at radius 1 is 0.939 bits per heavy atom. The van der Waals surface area contributed by atoms with Crippen molar-refractivity contribution in [3.05, 3.63) is 52.0 Å². The van der Waals surface area contributed by atoms with E-state index in [4.69, 9.17) is 12.6 Å². The molecule has 0 bridgehead atoms. The number of phenols is 1. The number of nitrogens with one attached hydrogen (secondary N) is 1. The molecule has 14 heteroatoms. The number of carbonyl (C=O) groups is 4. The Morgan fingerprint density at radius 2 is 1.63 bits per heavy atom. The van der Waals surface area contributed by atoms with E-state index in [1.807, 2.05) is 29.2 Å². The van der Waals surface area contributed by atoms with Gasteiger partial charge in [0.1, 0.15) is 19.6 Å². The van der Waals surface area contributed by atoms with Crippen molar-refractivity contribution in [1.29, 1.82) is 0 Å². The summed E-state index contributed by atoms with van der Waals surface area (Å²) < 4.78 is 6.34. The Morgan fingerprint density at radius 3 is 2.35 bits per heavy atom. The smallest absolute Gasteiger partial charge is 0.410 e. The van der Waals surface area contributed by atoms with Crippen molar-refractivity contribution in [1.82, 2.24) is 19.6 Å². The number of rotatable bonds is 7. The Bertz CT molecular complexity index is 1540. The van der Waals surface area contributed by atoms with E-state index in [9.17, 15) is 29.4 Å². The molecule has 6 rings (SSSR count). The number of hydrogen-bond donors (Lipinski definition) is 3. The number of carbonyl (C=O) groups excluding carboxylic acids is 3. The zero-order chi connectivity index (χ0) is 34.7. The van der Waals surface area contributed by atoms with Crippen molar-refractivity contribution in [3.63, 3.8) is 0 Å². The van der Waals surface area contributed by atoms with Crippen LogP contribution in [0.25, 0.3) is 0 Å². The lowest BCUT2D eigenvalue weighted by Gasteiger charge is -2.43. The predicted octanol–water partition coefficient (Wildman–Crippen LogP) is 3.48. The Labute approximate surface area is 296 Å². The minimum atomic E-state index is -1.13. The van der Waals surface area contributed by atoms with Crippen molar-refractivity contribution in [2.45, 2.75) is 82.0 Å². The lowest BCUT2D eigenvalue weighted by molar-refractivity contribution is -0.148. The fraction of sp³-hybridized carbons (Fsp3) is 0.543. The van der Waals surface area contributed by atoms with E-state index < -0.39 is 24.2 Å². The quantitative estimate of drug-likeness (QED) is 0.367. The first-order valence-electron chi connectivity index (χ1n) is 17.2. The van der Waals surface area contributed by atoms with Crippen molar-refractivity contribution < 1.29 is 34.1 Å². The molecule has 4 amide bonds. The Balaban J connectivity index is 1.09. The molecule has 12 nitrogen and oxygen atoms in total. The highest BCUT2D eigenvalue weighted by atomic mass is 79.9. The number of aromatic hydroxyl groups is 1. The predicted molar refractivity (Wildman–Crippen MR) is 187 cm³/mol. The van der Waals surface area contributed by atoms with Crippen LogP contribution in [0, 0.1) is 0 Å². The van der Waals surface area contributed by atoms with E-state index >= 15 is 0 Å². The molecule has 2 atom stereocenters. The van der Waals surface area contributed by atoms with Gasteiger partial charge in [-0.3, -0.25) is 14.5 Å². The van der Waals surface area contributed by atoms with Crippen LogP contribution in [0.4, 0.5) is 15.3 Å². The van der Waals surface area contributed by atoms with Gasteiger partial charge in [0.2, 0.25) is 0 Å². The van der Waals surface area contributed by atoms with Crippen LogP contribution in [0.3, 0.4) is 0 Å². The number of halogens is 1. The summed E-state index contributed by atoms with van der Waals surface area (Å²) in [4.78, 5) is 59.8. The second kappa shape index (κ2) is 15.4. The van der Waals surface area contributed by atoms with Gasteiger partial charge in [-0.2, -0.15) is 0 Å². The van der Waals surface area contributed by atoms with Gasteiger partial charge >= 0.3 is 18.1 Å². The number of hydrogen-bond acceptors (Lipinski definition) is 7. The number of benzene rings is 2. The topological polar surface area (TPSA) is 143 Å². The number of carboxylic acid groups (broad SMARTS) is 1. The molecule has 2 aromatic carbocycles. The van der Waals surface area contributed by atoms with E-state index in [1.54, 1.807) is 21.9 Å².